The van der Waals surface area contributed by atoms with Gasteiger partial charge < -0.3 is 9.84 Å². The fourth-order valence-corrected chi connectivity index (χ4v) is 2.40. The van der Waals surface area contributed by atoms with Gasteiger partial charge in [-0.25, -0.2) is 0 Å². The molecule has 0 unspecified atom stereocenters. The molecule has 0 saturated heterocycles. The second kappa shape index (κ2) is 9.12. The maximum atomic E-state index is 11.1. The van der Waals surface area contributed by atoms with Crippen LogP contribution in [-0.4, -0.2) is 27.8 Å². The van der Waals surface area contributed by atoms with Crippen LogP contribution in [0, 0.1) is 20.2 Å². The summed E-state index contributed by atoms with van der Waals surface area (Å²) >= 11 is 0. The van der Waals surface area contributed by atoms with E-state index in [0.717, 1.165) is 12.1 Å². The molecule has 0 amide bonds. The molecule has 2 aromatic carbocycles. The number of allylic oxidation sites excluding steroid dienone is 1. The predicted molar refractivity (Wildman–Crippen MR) is 104 cm³/mol. The molecule has 146 valence electrons. The van der Waals surface area contributed by atoms with Crippen molar-refractivity contribution in [2.24, 2.45) is 5.10 Å². The van der Waals surface area contributed by atoms with Crippen LogP contribution < -0.4 is 10.2 Å². The van der Waals surface area contributed by atoms with Crippen LogP contribution in [0.15, 0.2) is 48.1 Å². The van der Waals surface area contributed by atoms with E-state index in [0.29, 0.717) is 24.2 Å². The number of ether oxygens (including phenoxy) is 1. The number of hydrazone groups is 1. The number of nitrogens with zero attached hydrogens (tertiary/aromatic N) is 3. The minimum atomic E-state index is -0.735. The number of phenols is 1. The summed E-state index contributed by atoms with van der Waals surface area (Å²) in [5, 5.41) is 36.0. The van der Waals surface area contributed by atoms with E-state index in [-0.39, 0.29) is 17.2 Å². The second-order valence-electron chi connectivity index (χ2n) is 5.54. The van der Waals surface area contributed by atoms with E-state index in [9.17, 15) is 25.3 Å². The van der Waals surface area contributed by atoms with Gasteiger partial charge in [-0.2, -0.15) is 5.10 Å². The maximum absolute atomic E-state index is 11.1. The number of non-ortho nitro benzene ring substituents is 1. The first kappa shape index (κ1) is 20.4. The Hall–Kier alpha value is -3.95. The lowest BCUT2D eigenvalue weighted by Crippen LogP contribution is -2.00. The summed E-state index contributed by atoms with van der Waals surface area (Å²) in [5.41, 5.74) is 2.81. The molecule has 0 aromatic heterocycles. The number of anilines is 1. The van der Waals surface area contributed by atoms with Gasteiger partial charge in [0.1, 0.15) is 5.69 Å². The molecular formula is C18H18N4O6. The highest BCUT2D eigenvalue weighted by atomic mass is 16.6. The van der Waals surface area contributed by atoms with Gasteiger partial charge in [-0.05, 0) is 37.1 Å². The van der Waals surface area contributed by atoms with Crippen LogP contribution in [0.4, 0.5) is 17.1 Å². The molecule has 10 nitrogen and oxygen atoms in total. The van der Waals surface area contributed by atoms with Gasteiger partial charge in [-0.15, -0.1) is 6.58 Å². The molecule has 0 aliphatic carbocycles. The Morgan fingerprint density at radius 2 is 2.00 bits per heavy atom. The van der Waals surface area contributed by atoms with Crippen molar-refractivity contribution in [2.75, 3.05) is 12.0 Å². The molecule has 0 radical (unpaired) electrons. The van der Waals surface area contributed by atoms with Crippen LogP contribution in [0.1, 0.15) is 18.1 Å². The van der Waals surface area contributed by atoms with Crippen LogP contribution in [0.5, 0.6) is 11.5 Å². The molecule has 0 aliphatic rings. The van der Waals surface area contributed by atoms with Gasteiger partial charge in [0.15, 0.2) is 11.5 Å². The molecule has 2 aromatic rings. The number of phenolic OH excluding ortho intramolecular Hbond substituents is 1. The summed E-state index contributed by atoms with van der Waals surface area (Å²) in [6.45, 7) is 5.78. The molecule has 0 atom stereocenters. The van der Waals surface area contributed by atoms with Crippen molar-refractivity contribution in [3.05, 3.63) is 74.3 Å². The number of nitro benzene ring substituents is 2. The Morgan fingerprint density at radius 3 is 2.61 bits per heavy atom. The smallest absolute Gasteiger partial charge is 0.301 e. The summed E-state index contributed by atoms with van der Waals surface area (Å²) in [4.78, 5) is 20.5. The van der Waals surface area contributed by atoms with Gasteiger partial charge in [0, 0.05) is 11.6 Å². The molecule has 10 heteroatoms. The van der Waals surface area contributed by atoms with Gasteiger partial charge >= 0.3 is 5.69 Å². The highest BCUT2D eigenvalue weighted by Gasteiger charge is 2.19. The van der Waals surface area contributed by atoms with Crippen LogP contribution in [0.25, 0.3) is 0 Å². The monoisotopic (exact) mass is 386 g/mol. The molecule has 0 fully saturated rings. The van der Waals surface area contributed by atoms with E-state index < -0.39 is 21.2 Å². The molecule has 0 aliphatic heterocycles. The minimum Gasteiger partial charge on any atom is -0.504 e. The van der Waals surface area contributed by atoms with Gasteiger partial charge in [0.05, 0.1) is 28.7 Å². The van der Waals surface area contributed by atoms with Crippen molar-refractivity contribution < 1.29 is 19.7 Å². The number of benzene rings is 2. The molecule has 2 N–H and O–H groups in total. The molecular weight excluding hydrogens is 368 g/mol. The van der Waals surface area contributed by atoms with Crippen LogP contribution in [0.3, 0.4) is 0 Å². The zero-order chi connectivity index (χ0) is 20.7. The number of aromatic hydroxyl groups is 1. The number of nitro groups is 2. The van der Waals surface area contributed by atoms with E-state index in [1.54, 1.807) is 25.1 Å². The first-order chi connectivity index (χ1) is 13.4. The van der Waals surface area contributed by atoms with Crippen molar-refractivity contribution in [1.82, 2.24) is 0 Å². The average molecular weight is 386 g/mol. The Balaban J connectivity index is 2.30. The SMILES string of the molecule is C=CCc1cc(/C=N\Nc2ccc([N+](=O)[O-])cc2[N+](=O)[O-])cc(OCC)c1O. The van der Waals surface area contributed by atoms with Gasteiger partial charge in [0.25, 0.3) is 5.69 Å². The van der Waals surface area contributed by atoms with Gasteiger partial charge in [-0.3, -0.25) is 25.7 Å². The maximum Gasteiger partial charge on any atom is 0.301 e. The standard InChI is InChI=1S/C18H18N4O6/c1-3-5-13-8-12(9-17(18(13)23)28-4-2)11-19-20-15-7-6-14(21(24)25)10-16(15)22(26)27/h3,6-11,20,23H,1,4-5H2,2H3/b19-11-. The molecule has 0 heterocycles. The van der Waals surface area contributed by atoms with E-state index in [2.05, 4.69) is 17.1 Å². The predicted octanol–water partition coefficient (Wildman–Crippen LogP) is 3.78. The van der Waals surface area contributed by atoms with Crippen molar-refractivity contribution >= 4 is 23.3 Å². The highest BCUT2D eigenvalue weighted by Crippen LogP contribution is 2.32. The molecule has 2 rings (SSSR count). The van der Waals surface area contributed by atoms with Gasteiger partial charge in [0.2, 0.25) is 0 Å². The number of nitrogens with one attached hydrogen (secondary N) is 1. The first-order valence-electron chi connectivity index (χ1n) is 8.18. The molecule has 0 saturated carbocycles. The van der Waals surface area contributed by atoms with Crippen molar-refractivity contribution in [1.29, 1.82) is 0 Å². The molecule has 0 spiro atoms. The van der Waals surface area contributed by atoms with Gasteiger partial charge in [-0.1, -0.05) is 6.08 Å². The second-order valence-corrected chi connectivity index (χ2v) is 5.54. The fraction of sp³-hybridized carbons (Fsp3) is 0.167. The van der Waals surface area contributed by atoms with E-state index in [1.807, 2.05) is 0 Å². The third-order valence-corrected chi connectivity index (χ3v) is 3.63. The largest absolute Gasteiger partial charge is 0.504 e. The molecule has 0 bridgehead atoms. The van der Waals surface area contributed by atoms with E-state index >= 15 is 0 Å². The Morgan fingerprint density at radius 1 is 1.25 bits per heavy atom. The summed E-state index contributed by atoms with van der Waals surface area (Å²) < 4.78 is 5.40. The number of rotatable bonds is 9. The first-order valence-corrected chi connectivity index (χ1v) is 8.18. The summed E-state index contributed by atoms with van der Waals surface area (Å²) in [5.74, 6) is 0.294. The Labute approximate surface area is 160 Å². The lowest BCUT2D eigenvalue weighted by molar-refractivity contribution is -0.393. The van der Waals surface area contributed by atoms with Crippen molar-refractivity contribution in [2.45, 2.75) is 13.3 Å². The Kier molecular flexibility index (Phi) is 6.63. The average Bonchev–Trinajstić information content (AvgIpc) is 2.65. The van der Waals surface area contributed by atoms with Crippen LogP contribution >= 0.6 is 0 Å². The lowest BCUT2D eigenvalue weighted by atomic mass is 10.1. The van der Waals surface area contributed by atoms with Crippen LogP contribution in [-0.2, 0) is 6.42 Å². The van der Waals surface area contributed by atoms with Crippen molar-refractivity contribution in [3.8, 4) is 11.5 Å². The third-order valence-electron chi connectivity index (χ3n) is 3.63. The number of hydrogen-bond donors (Lipinski definition) is 2. The zero-order valence-corrected chi connectivity index (χ0v) is 15.0. The fourth-order valence-electron chi connectivity index (χ4n) is 2.40. The van der Waals surface area contributed by atoms with Crippen LogP contribution in [0.2, 0.25) is 0 Å². The molecule has 28 heavy (non-hydrogen) atoms. The van der Waals surface area contributed by atoms with E-state index in [1.165, 1.54) is 12.3 Å². The summed E-state index contributed by atoms with van der Waals surface area (Å²) in [6.07, 6.45) is 3.43. The quantitative estimate of drug-likeness (QED) is 0.289. The lowest BCUT2D eigenvalue weighted by Gasteiger charge is -2.11. The normalized spacial score (nSPS) is 10.6. The van der Waals surface area contributed by atoms with E-state index in [4.69, 9.17) is 4.74 Å². The third kappa shape index (κ3) is 4.81. The summed E-state index contributed by atoms with van der Waals surface area (Å²) in [6, 6.07) is 6.45. The minimum absolute atomic E-state index is 0.00183. The zero-order valence-electron chi connectivity index (χ0n) is 15.0. The Bertz CT molecular complexity index is 942. The summed E-state index contributed by atoms with van der Waals surface area (Å²) in [7, 11) is 0. The highest BCUT2D eigenvalue weighted by molar-refractivity contribution is 5.82. The van der Waals surface area contributed by atoms with Crippen molar-refractivity contribution in [3.63, 3.8) is 0 Å². The topological polar surface area (TPSA) is 140 Å². The number of hydrogen-bond acceptors (Lipinski definition) is 8.